The van der Waals surface area contributed by atoms with Crippen LogP contribution in [0.25, 0.3) is 0 Å². The molecule has 0 fully saturated rings. The quantitative estimate of drug-likeness (QED) is 0.673. The molecule has 4 heteroatoms. The Bertz CT molecular complexity index is 323. The van der Waals surface area contributed by atoms with Crippen molar-refractivity contribution in [1.82, 2.24) is 0 Å². The summed E-state index contributed by atoms with van der Waals surface area (Å²) in [6.45, 7) is -0.330. The number of benzene rings is 1. The lowest BCUT2D eigenvalue weighted by Crippen LogP contribution is -2.47. The first-order chi connectivity index (χ1) is 8.09. The Morgan fingerprint density at radius 2 is 1.65 bits per heavy atom. The lowest BCUT2D eigenvalue weighted by Gasteiger charge is -2.24. The highest BCUT2D eigenvalue weighted by Gasteiger charge is 2.21. The van der Waals surface area contributed by atoms with E-state index in [0.717, 1.165) is 23.7 Å². The highest BCUT2D eigenvalue weighted by atomic mass is 79.9. The molecule has 4 N–H and O–H groups in total. The van der Waals surface area contributed by atoms with E-state index in [4.69, 9.17) is 15.9 Å². The predicted octanol–water partition coefficient (Wildman–Crippen LogP) is 1.84. The summed E-state index contributed by atoms with van der Waals surface area (Å²) in [6.07, 6.45) is 3.57. The van der Waals surface area contributed by atoms with Crippen molar-refractivity contribution >= 4 is 15.9 Å². The van der Waals surface area contributed by atoms with Gasteiger partial charge in [0.2, 0.25) is 0 Å². The van der Waals surface area contributed by atoms with E-state index in [2.05, 4.69) is 28.1 Å². The Kier molecular flexibility index (Phi) is 6.12. The standard InChI is InChI=1S/C13H20BrNO2/c14-12-6-4-11(5-7-12)3-1-2-8-13(15,9-16)10-17/h4-7,16-17H,1-3,8-10,15H2. The molecule has 1 aromatic rings. The number of aryl methyl sites for hydroxylation is 1. The first-order valence-corrected chi connectivity index (χ1v) is 6.64. The average Bonchev–Trinajstić information content (AvgIpc) is 2.36. The van der Waals surface area contributed by atoms with E-state index in [1.54, 1.807) is 0 Å². The fraction of sp³-hybridized carbons (Fsp3) is 0.538. The Labute approximate surface area is 111 Å². The maximum Gasteiger partial charge on any atom is 0.0633 e. The second-order valence-electron chi connectivity index (χ2n) is 4.51. The molecule has 0 amide bonds. The summed E-state index contributed by atoms with van der Waals surface area (Å²) in [6, 6.07) is 8.25. The van der Waals surface area contributed by atoms with Gasteiger partial charge in [-0.25, -0.2) is 0 Å². The fourth-order valence-electron chi connectivity index (χ4n) is 1.67. The zero-order chi connectivity index (χ0) is 12.7. The van der Waals surface area contributed by atoms with Gasteiger partial charge in [-0.3, -0.25) is 0 Å². The van der Waals surface area contributed by atoms with Crippen molar-refractivity contribution in [2.75, 3.05) is 13.2 Å². The topological polar surface area (TPSA) is 66.5 Å². The lowest BCUT2D eigenvalue weighted by molar-refractivity contribution is 0.112. The van der Waals surface area contributed by atoms with E-state index < -0.39 is 5.54 Å². The molecule has 1 aromatic carbocycles. The van der Waals surface area contributed by atoms with Gasteiger partial charge in [-0.15, -0.1) is 0 Å². The minimum absolute atomic E-state index is 0.165. The van der Waals surface area contributed by atoms with E-state index in [9.17, 15) is 0 Å². The van der Waals surface area contributed by atoms with Crippen molar-refractivity contribution in [3.05, 3.63) is 34.3 Å². The normalized spacial score (nSPS) is 11.8. The number of nitrogens with two attached hydrogens (primary N) is 1. The van der Waals surface area contributed by atoms with E-state index >= 15 is 0 Å². The van der Waals surface area contributed by atoms with Crippen LogP contribution in [-0.4, -0.2) is 29.0 Å². The predicted molar refractivity (Wildman–Crippen MR) is 72.8 cm³/mol. The second kappa shape index (κ2) is 7.11. The minimum atomic E-state index is -0.820. The first-order valence-electron chi connectivity index (χ1n) is 5.85. The molecule has 0 spiro atoms. The molecular formula is C13H20BrNO2. The van der Waals surface area contributed by atoms with Gasteiger partial charge in [0, 0.05) is 4.47 Å². The van der Waals surface area contributed by atoms with Crippen LogP contribution in [0.3, 0.4) is 0 Å². The molecule has 0 saturated carbocycles. The van der Waals surface area contributed by atoms with Crippen LogP contribution in [-0.2, 0) is 6.42 Å². The first kappa shape index (κ1) is 14.6. The van der Waals surface area contributed by atoms with Crippen molar-refractivity contribution in [3.8, 4) is 0 Å². The summed E-state index contributed by atoms with van der Waals surface area (Å²) >= 11 is 3.40. The van der Waals surface area contributed by atoms with Gasteiger partial charge in [-0.05, 0) is 37.0 Å². The number of unbranched alkanes of at least 4 members (excludes halogenated alkanes) is 1. The van der Waals surface area contributed by atoms with E-state index in [0.29, 0.717) is 6.42 Å². The molecule has 0 aliphatic heterocycles. The van der Waals surface area contributed by atoms with Crippen molar-refractivity contribution in [3.63, 3.8) is 0 Å². The molecule has 96 valence electrons. The Morgan fingerprint density at radius 1 is 1.06 bits per heavy atom. The third kappa shape index (κ3) is 5.17. The second-order valence-corrected chi connectivity index (χ2v) is 5.43. The Hall–Kier alpha value is -0.420. The lowest BCUT2D eigenvalue weighted by atomic mass is 9.94. The molecular weight excluding hydrogens is 282 g/mol. The number of rotatable bonds is 7. The van der Waals surface area contributed by atoms with E-state index in [1.165, 1.54) is 5.56 Å². The van der Waals surface area contributed by atoms with Gasteiger partial charge in [0.25, 0.3) is 0 Å². The maximum atomic E-state index is 9.04. The average molecular weight is 302 g/mol. The summed E-state index contributed by atoms with van der Waals surface area (Å²) in [5, 5.41) is 18.1. The fourth-order valence-corrected chi connectivity index (χ4v) is 1.93. The number of halogens is 1. The monoisotopic (exact) mass is 301 g/mol. The molecule has 0 aromatic heterocycles. The summed E-state index contributed by atoms with van der Waals surface area (Å²) in [5.74, 6) is 0. The van der Waals surface area contributed by atoms with Crippen LogP contribution in [0.4, 0.5) is 0 Å². The molecule has 1 rings (SSSR count). The van der Waals surface area contributed by atoms with Crippen molar-refractivity contribution in [1.29, 1.82) is 0 Å². The van der Waals surface area contributed by atoms with Crippen LogP contribution in [0, 0.1) is 0 Å². The zero-order valence-electron chi connectivity index (χ0n) is 9.90. The van der Waals surface area contributed by atoms with E-state index in [-0.39, 0.29) is 13.2 Å². The molecule has 17 heavy (non-hydrogen) atoms. The Balaban J connectivity index is 2.26. The number of hydrogen-bond donors (Lipinski definition) is 3. The molecule has 0 saturated heterocycles. The van der Waals surface area contributed by atoms with Crippen LogP contribution in [0.1, 0.15) is 24.8 Å². The van der Waals surface area contributed by atoms with Crippen molar-refractivity contribution < 1.29 is 10.2 Å². The van der Waals surface area contributed by atoms with Crippen LogP contribution >= 0.6 is 15.9 Å². The van der Waals surface area contributed by atoms with E-state index in [1.807, 2.05) is 12.1 Å². The van der Waals surface area contributed by atoms with Crippen LogP contribution in [0.5, 0.6) is 0 Å². The van der Waals surface area contributed by atoms with Gasteiger partial charge in [-0.2, -0.15) is 0 Å². The van der Waals surface area contributed by atoms with Gasteiger partial charge >= 0.3 is 0 Å². The molecule has 0 bridgehead atoms. The van der Waals surface area contributed by atoms with Gasteiger partial charge in [-0.1, -0.05) is 34.5 Å². The molecule has 0 aliphatic rings. The largest absolute Gasteiger partial charge is 0.394 e. The molecule has 0 aliphatic carbocycles. The number of aliphatic hydroxyl groups is 2. The third-order valence-corrected chi connectivity index (χ3v) is 3.46. The Morgan fingerprint density at radius 3 is 2.18 bits per heavy atom. The van der Waals surface area contributed by atoms with Crippen LogP contribution in [0.15, 0.2) is 28.7 Å². The van der Waals surface area contributed by atoms with Gasteiger partial charge in [0.1, 0.15) is 0 Å². The van der Waals surface area contributed by atoms with Crippen LogP contribution < -0.4 is 5.73 Å². The number of aliphatic hydroxyl groups excluding tert-OH is 2. The maximum absolute atomic E-state index is 9.04. The zero-order valence-corrected chi connectivity index (χ0v) is 11.5. The summed E-state index contributed by atoms with van der Waals surface area (Å²) < 4.78 is 1.09. The molecule has 0 atom stereocenters. The summed E-state index contributed by atoms with van der Waals surface area (Å²) in [4.78, 5) is 0. The third-order valence-electron chi connectivity index (χ3n) is 2.93. The van der Waals surface area contributed by atoms with Crippen molar-refractivity contribution in [2.45, 2.75) is 31.2 Å². The molecule has 3 nitrogen and oxygen atoms in total. The molecule has 0 radical (unpaired) electrons. The van der Waals surface area contributed by atoms with Gasteiger partial charge in [0.05, 0.1) is 18.8 Å². The summed E-state index contributed by atoms with van der Waals surface area (Å²) in [7, 11) is 0. The SMILES string of the molecule is NC(CO)(CO)CCCCc1ccc(Br)cc1. The molecule has 0 heterocycles. The smallest absolute Gasteiger partial charge is 0.0633 e. The summed E-state index contributed by atoms with van der Waals surface area (Å²) in [5.41, 5.74) is 6.27. The van der Waals surface area contributed by atoms with Gasteiger partial charge in [0.15, 0.2) is 0 Å². The van der Waals surface area contributed by atoms with Gasteiger partial charge < -0.3 is 15.9 Å². The number of hydrogen-bond acceptors (Lipinski definition) is 3. The highest BCUT2D eigenvalue weighted by Crippen LogP contribution is 2.15. The van der Waals surface area contributed by atoms with Crippen molar-refractivity contribution in [2.24, 2.45) is 5.73 Å². The van der Waals surface area contributed by atoms with Crippen LogP contribution in [0.2, 0.25) is 0 Å². The highest BCUT2D eigenvalue weighted by molar-refractivity contribution is 9.10. The molecule has 0 unspecified atom stereocenters. The minimum Gasteiger partial charge on any atom is -0.394 e.